The second-order valence-electron chi connectivity index (χ2n) is 6.30. The first kappa shape index (κ1) is 21.6. The van der Waals surface area contributed by atoms with Crippen LogP contribution < -0.4 is 9.47 Å². The summed E-state index contributed by atoms with van der Waals surface area (Å²) in [6.07, 6.45) is 5.48. The highest BCUT2D eigenvalue weighted by atomic mass is 16.6. The van der Waals surface area contributed by atoms with Crippen LogP contribution in [0, 0.1) is 0 Å². The van der Waals surface area contributed by atoms with Gasteiger partial charge in [-0.15, -0.1) is 0 Å². The molecular weight excluding hydrogens is 328 g/mol. The Balaban J connectivity index is 0.00000163. The molecule has 1 aliphatic rings. The third kappa shape index (κ3) is 5.51. The number of methoxy groups -OCH3 is 1. The standard InChI is InChI=1S/C20H24O4.C2H6/c1-6-9-14(7-2)12-17(19(21)22-5)23-16-11-8-10-15-13-20(3,4)24-18(15)16;1-2/h6-11,17H,1-2,12-13H2,3-5H3;1-2H3/b14-9+;. The fraction of sp³-hybridized carbons (Fsp3) is 0.409. The first-order valence-corrected chi connectivity index (χ1v) is 8.89. The highest BCUT2D eigenvalue weighted by molar-refractivity contribution is 5.75. The molecule has 0 aromatic heterocycles. The van der Waals surface area contributed by atoms with Gasteiger partial charge < -0.3 is 14.2 Å². The van der Waals surface area contributed by atoms with Gasteiger partial charge in [0.15, 0.2) is 17.6 Å². The Labute approximate surface area is 157 Å². The van der Waals surface area contributed by atoms with Crippen molar-refractivity contribution < 1.29 is 19.0 Å². The number of rotatable bonds is 7. The van der Waals surface area contributed by atoms with Crippen LogP contribution in [0.5, 0.6) is 11.5 Å². The predicted molar refractivity (Wildman–Crippen MR) is 106 cm³/mol. The van der Waals surface area contributed by atoms with E-state index in [2.05, 4.69) is 13.2 Å². The minimum atomic E-state index is -0.780. The molecule has 0 saturated heterocycles. The number of esters is 1. The van der Waals surface area contributed by atoms with Crippen molar-refractivity contribution in [1.82, 2.24) is 0 Å². The van der Waals surface area contributed by atoms with Crippen LogP contribution >= 0.6 is 0 Å². The predicted octanol–water partition coefficient (Wildman–Crippen LogP) is 5.04. The Bertz CT molecular complexity index is 671. The van der Waals surface area contributed by atoms with Crippen molar-refractivity contribution in [3.05, 3.63) is 60.7 Å². The van der Waals surface area contributed by atoms with E-state index in [1.165, 1.54) is 7.11 Å². The van der Waals surface area contributed by atoms with Gasteiger partial charge in [-0.3, -0.25) is 0 Å². The van der Waals surface area contributed by atoms with Crippen molar-refractivity contribution >= 4 is 5.97 Å². The number of para-hydroxylation sites is 1. The van der Waals surface area contributed by atoms with Crippen LogP contribution in [0.4, 0.5) is 0 Å². The summed E-state index contributed by atoms with van der Waals surface area (Å²) in [5, 5.41) is 0. The Morgan fingerprint density at radius 1 is 1.35 bits per heavy atom. The third-order valence-corrected chi connectivity index (χ3v) is 3.80. The minimum Gasteiger partial charge on any atom is -0.483 e. The van der Waals surface area contributed by atoms with Crippen LogP contribution in [0.25, 0.3) is 0 Å². The number of fused-ring (bicyclic) bond motifs is 1. The summed E-state index contributed by atoms with van der Waals surface area (Å²) >= 11 is 0. The quantitative estimate of drug-likeness (QED) is 0.506. The smallest absolute Gasteiger partial charge is 0.347 e. The van der Waals surface area contributed by atoms with Crippen molar-refractivity contribution in [2.75, 3.05) is 7.11 Å². The molecule has 0 radical (unpaired) electrons. The van der Waals surface area contributed by atoms with E-state index in [1.54, 1.807) is 24.3 Å². The minimum absolute atomic E-state index is 0.280. The molecule has 1 atom stereocenters. The van der Waals surface area contributed by atoms with Crippen molar-refractivity contribution in [2.24, 2.45) is 0 Å². The fourth-order valence-electron chi connectivity index (χ4n) is 2.72. The fourth-order valence-corrected chi connectivity index (χ4v) is 2.72. The molecule has 1 aromatic rings. The number of hydrogen-bond acceptors (Lipinski definition) is 4. The number of hydrogen-bond donors (Lipinski definition) is 0. The lowest BCUT2D eigenvalue weighted by atomic mass is 10.0. The molecule has 1 unspecified atom stereocenters. The zero-order valence-corrected chi connectivity index (χ0v) is 16.5. The van der Waals surface area contributed by atoms with Crippen LogP contribution in [0.15, 0.2) is 55.2 Å². The number of carbonyl (C=O) groups is 1. The summed E-state index contributed by atoms with van der Waals surface area (Å²) in [5.41, 5.74) is 1.64. The van der Waals surface area contributed by atoms with Crippen LogP contribution in [0.2, 0.25) is 0 Å². The molecular formula is C22H30O4. The molecule has 1 aromatic carbocycles. The highest BCUT2D eigenvalue weighted by Gasteiger charge is 2.33. The maximum absolute atomic E-state index is 12.1. The second-order valence-corrected chi connectivity index (χ2v) is 6.30. The average Bonchev–Trinajstić information content (AvgIpc) is 2.96. The van der Waals surface area contributed by atoms with E-state index in [1.807, 2.05) is 39.8 Å². The Morgan fingerprint density at radius 2 is 2.04 bits per heavy atom. The molecule has 1 aliphatic heterocycles. The lowest BCUT2D eigenvalue weighted by Gasteiger charge is -2.21. The third-order valence-electron chi connectivity index (χ3n) is 3.80. The number of allylic oxidation sites excluding steroid dienone is 3. The molecule has 2 rings (SSSR count). The van der Waals surface area contributed by atoms with Gasteiger partial charge in [0.1, 0.15) is 5.60 Å². The summed E-state index contributed by atoms with van der Waals surface area (Å²) in [7, 11) is 1.35. The Morgan fingerprint density at radius 3 is 2.62 bits per heavy atom. The molecule has 1 heterocycles. The highest BCUT2D eigenvalue weighted by Crippen LogP contribution is 2.42. The SMILES string of the molecule is C=C/C=C(\C=C)CC(Oc1cccc2c1OC(C)(C)C2)C(=O)OC.CC. The normalized spacial score (nSPS) is 15.5. The summed E-state index contributed by atoms with van der Waals surface area (Å²) < 4.78 is 16.8. The van der Waals surface area contributed by atoms with Gasteiger partial charge >= 0.3 is 5.97 Å². The van der Waals surface area contributed by atoms with Gasteiger partial charge in [-0.25, -0.2) is 4.79 Å². The molecule has 0 amide bonds. The number of carbonyl (C=O) groups excluding carboxylic acids is 1. The lowest BCUT2D eigenvalue weighted by molar-refractivity contribution is -0.148. The summed E-state index contributed by atoms with van der Waals surface area (Å²) in [6, 6.07) is 5.72. The number of benzene rings is 1. The van der Waals surface area contributed by atoms with Crippen molar-refractivity contribution in [1.29, 1.82) is 0 Å². The van der Waals surface area contributed by atoms with E-state index < -0.39 is 12.1 Å². The molecule has 0 spiro atoms. The van der Waals surface area contributed by atoms with Crippen molar-refractivity contribution in [3.8, 4) is 11.5 Å². The van der Waals surface area contributed by atoms with Crippen LogP contribution in [-0.2, 0) is 16.0 Å². The summed E-state index contributed by atoms with van der Waals surface area (Å²) in [6.45, 7) is 15.5. The van der Waals surface area contributed by atoms with Gasteiger partial charge in [0.2, 0.25) is 0 Å². The molecule has 0 fully saturated rings. The maximum atomic E-state index is 12.1. The topological polar surface area (TPSA) is 44.8 Å². The molecule has 4 nitrogen and oxygen atoms in total. The van der Waals surface area contributed by atoms with Gasteiger partial charge in [0, 0.05) is 18.4 Å². The molecule has 0 N–H and O–H groups in total. The van der Waals surface area contributed by atoms with E-state index >= 15 is 0 Å². The van der Waals surface area contributed by atoms with Gasteiger partial charge in [-0.1, -0.05) is 57.4 Å². The van der Waals surface area contributed by atoms with Crippen molar-refractivity contribution in [3.63, 3.8) is 0 Å². The largest absolute Gasteiger partial charge is 0.483 e. The van der Waals surface area contributed by atoms with Gasteiger partial charge in [-0.2, -0.15) is 0 Å². The summed E-state index contributed by atoms with van der Waals surface area (Å²) in [4.78, 5) is 12.1. The first-order chi connectivity index (χ1) is 12.4. The van der Waals surface area contributed by atoms with Gasteiger partial charge in [-0.05, 0) is 25.5 Å². The van der Waals surface area contributed by atoms with Crippen LogP contribution in [-0.4, -0.2) is 24.8 Å². The van der Waals surface area contributed by atoms with E-state index in [4.69, 9.17) is 14.2 Å². The maximum Gasteiger partial charge on any atom is 0.347 e. The van der Waals surface area contributed by atoms with Crippen LogP contribution in [0.1, 0.15) is 39.7 Å². The number of ether oxygens (including phenoxy) is 3. The molecule has 26 heavy (non-hydrogen) atoms. The van der Waals surface area contributed by atoms with E-state index in [9.17, 15) is 4.79 Å². The molecule has 142 valence electrons. The van der Waals surface area contributed by atoms with E-state index in [-0.39, 0.29) is 5.60 Å². The van der Waals surface area contributed by atoms with Gasteiger partial charge in [0.25, 0.3) is 0 Å². The zero-order chi connectivity index (χ0) is 19.7. The van der Waals surface area contributed by atoms with Crippen LogP contribution in [0.3, 0.4) is 0 Å². The zero-order valence-electron chi connectivity index (χ0n) is 16.5. The molecule has 0 saturated carbocycles. The van der Waals surface area contributed by atoms with E-state index in [0.717, 1.165) is 17.6 Å². The molecule has 0 bridgehead atoms. The molecule has 0 aliphatic carbocycles. The second kappa shape index (κ2) is 9.85. The Kier molecular flexibility index (Phi) is 8.17. The monoisotopic (exact) mass is 358 g/mol. The van der Waals surface area contributed by atoms with Gasteiger partial charge in [0.05, 0.1) is 7.11 Å². The summed E-state index contributed by atoms with van der Waals surface area (Å²) in [5.74, 6) is 0.807. The van der Waals surface area contributed by atoms with E-state index in [0.29, 0.717) is 17.9 Å². The van der Waals surface area contributed by atoms with Crippen molar-refractivity contribution in [2.45, 2.75) is 52.2 Å². The lowest BCUT2D eigenvalue weighted by Crippen LogP contribution is -2.29. The first-order valence-electron chi connectivity index (χ1n) is 8.89. The average molecular weight is 358 g/mol. The molecule has 4 heteroatoms. The Hall–Kier alpha value is -2.49.